The van der Waals surface area contributed by atoms with E-state index in [9.17, 15) is 9.36 Å². The van der Waals surface area contributed by atoms with Crippen LogP contribution in [-0.2, 0) is 18.6 Å². The Morgan fingerprint density at radius 1 is 1.47 bits per heavy atom. The largest absolute Gasteiger partial charge is 0.469 e. The molecule has 4 N–H and O–H groups in total. The molecule has 0 amide bonds. The molecule has 1 atom stereocenters. The molecule has 0 spiro atoms. The lowest BCUT2D eigenvalue weighted by Gasteiger charge is -2.22. The fourth-order valence-electron chi connectivity index (χ4n) is 0.623. The number of ether oxygens (including phenoxy) is 1. The fraction of sp³-hybridized carbons (Fsp3) is 0.857. The van der Waals surface area contributed by atoms with Crippen LogP contribution in [0.3, 0.4) is 0 Å². The number of phosphoric ester groups is 1. The maximum atomic E-state index is 11.2. The molecule has 0 saturated carbocycles. The molecule has 7 nitrogen and oxygen atoms in total. The molecule has 0 aromatic rings. The molecule has 0 aromatic heterocycles. The molecule has 0 aliphatic heterocycles. The Labute approximate surface area is 87.8 Å². The summed E-state index contributed by atoms with van der Waals surface area (Å²) in [5, 5.41) is 0. The third kappa shape index (κ3) is 8.53. The van der Waals surface area contributed by atoms with Gasteiger partial charge in [0, 0.05) is 0 Å². The van der Waals surface area contributed by atoms with E-state index in [1.807, 2.05) is 0 Å². The van der Waals surface area contributed by atoms with Crippen molar-refractivity contribution in [3.63, 3.8) is 0 Å². The molecule has 15 heavy (non-hydrogen) atoms. The lowest BCUT2D eigenvalue weighted by Crippen LogP contribution is -2.40. The zero-order chi connectivity index (χ0) is 12.3. The van der Waals surface area contributed by atoms with Crippen molar-refractivity contribution in [2.45, 2.75) is 32.4 Å². The average Bonchev–Trinajstić information content (AvgIpc) is 1.95. The molecule has 0 aromatic carbocycles. The highest BCUT2D eigenvalue weighted by Crippen LogP contribution is 2.35. The van der Waals surface area contributed by atoms with Crippen LogP contribution in [0, 0.1) is 0 Å². The molecule has 1 unspecified atom stereocenters. The Hall–Kier alpha value is -0.460. The zero-order valence-corrected chi connectivity index (χ0v) is 9.73. The van der Waals surface area contributed by atoms with Gasteiger partial charge in [0.25, 0.3) is 0 Å². The number of esters is 1. The van der Waals surface area contributed by atoms with E-state index in [1.165, 1.54) is 0 Å². The summed E-state index contributed by atoms with van der Waals surface area (Å²) in [6.07, 6.45) is 0. The summed E-state index contributed by atoms with van der Waals surface area (Å²) < 4.78 is 19.2. The highest BCUT2D eigenvalue weighted by Gasteiger charge is 2.25. The molecule has 0 radical (unpaired) electrons. The zero-order valence-electron chi connectivity index (χ0n) is 8.84. The van der Waals surface area contributed by atoms with Gasteiger partial charge in [-0.25, -0.2) is 4.57 Å². The summed E-state index contributed by atoms with van der Waals surface area (Å²) in [7, 11) is -4.60. The summed E-state index contributed by atoms with van der Waals surface area (Å²) >= 11 is 0. The topological polar surface area (TPSA) is 119 Å². The lowest BCUT2D eigenvalue weighted by molar-refractivity contribution is -0.157. The first kappa shape index (κ1) is 14.5. The van der Waals surface area contributed by atoms with Crippen LogP contribution < -0.4 is 5.73 Å². The molecule has 0 heterocycles. The van der Waals surface area contributed by atoms with E-state index in [4.69, 9.17) is 20.3 Å². The Balaban J connectivity index is 4.07. The Kier molecular flexibility index (Phi) is 4.89. The molecule has 90 valence electrons. The smallest absolute Gasteiger partial charge is 0.459 e. The van der Waals surface area contributed by atoms with Crippen LogP contribution in [0.4, 0.5) is 0 Å². The van der Waals surface area contributed by atoms with Crippen molar-refractivity contribution in [3.05, 3.63) is 0 Å². The van der Waals surface area contributed by atoms with Crippen molar-refractivity contribution < 1.29 is 28.4 Å². The molecule has 0 fully saturated rings. The SMILES string of the molecule is CC(C)(C)OC(=O)C(N)COP(=O)(O)O. The molecule has 0 saturated heterocycles. The first-order valence-electron chi connectivity index (χ1n) is 4.20. The number of hydrogen-bond donors (Lipinski definition) is 3. The lowest BCUT2D eigenvalue weighted by atomic mass is 10.2. The number of hydrogen-bond acceptors (Lipinski definition) is 5. The van der Waals surface area contributed by atoms with Crippen molar-refractivity contribution in [2.75, 3.05) is 6.61 Å². The maximum absolute atomic E-state index is 11.2. The molecular formula is C7H16NO6P. The van der Waals surface area contributed by atoms with Crippen LogP contribution >= 0.6 is 7.82 Å². The summed E-state index contributed by atoms with van der Waals surface area (Å²) in [5.41, 5.74) is 4.59. The van der Waals surface area contributed by atoms with Crippen molar-refractivity contribution in [3.8, 4) is 0 Å². The molecule has 0 bridgehead atoms. The molecule has 8 heteroatoms. The Morgan fingerprint density at radius 3 is 2.27 bits per heavy atom. The van der Waals surface area contributed by atoms with E-state index in [2.05, 4.69) is 4.52 Å². The van der Waals surface area contributed by atoms with Gasteiger partial charge in [0.05, 0.1) is 6.61 Å². The third-order valence-electron chi connectivity index (χ3n) is 1.13. The number of rotatable bonds is 4. The van der Waals surface area contributed by atoms with Crippen LogP contribution in [0.1, 0.15) is 20.8 Å². The summed E-state index contributed by atoms with van der Waals surface area (Å²) in [4.78, 5) is 27.9. The van der Waals surface area contributed by atoms with Crippen LogP contribution in [-0.4, -0.2) is 34.0 Å². The quantitative estimate of drug-likeness (QED) is 0.459. The second-order valence-electron chi connectivity index (χ2n) is 3.93. The fourth-order valence-corrected chi connectivity index (χ4v) is 0.978. The van der Waals surface area contributed by atoms with Crippen LogP contribution in [0.25, 0.3) is 0 Å². The van der Waals surface area contributed by atoms with Gasteiger partial charge in [0.1, 0.15) is 11.6 Å². The van der Waals surface area contributed by atoms with E-state index in [-0.39, 0.29) is 0 Å². The highest BCUT2D eigenvalue weighted by molar-refractivity contribution is 7.46. The van der Waals surface area contributed by atoms with Crippen LogP contribution in [0.15, 0.2) is 0 Å². The van der Waals surface area contributed by atoms with E-state index in [0.29, 0.717) is 0 Å². The van der Waals surface area contributed by atoms with Gasteiger partial charge in [-0.15, -0.1) is 0 Å². The monoisotopic (exact) mass is 241 g/mol. The van der Waals surface area contributed by atoms with Gasteiger partial charge in [-0.2, -0.15) is 0 Å². The van der Waals surface area contributed by atoms with Gasteiger partial charge in [0.15, 0.2) is 0 Å². The summed E-state index contributed by atoms with van der Waals surface area (Å²) in [6, 6.07) is -1.21. The number of nitrogens with two attached hydrogens (primary N) is 1. The highest BCUT2D eigenvalue weighted by atomic mass is 31.2. The minimum absolute atomic E-state index is 0.584. The van der Waals surface area contributed by atoms with Crippen molar-refractivity contribution >= 4 is 13.8 Å². The number of phosphoric acid groups is 1. The normalized spacial score (nSPS) is 14.8. The van der Waals surface area contributed by atoms with Crippen LogP contribution in [0.5, 0.6) is 0 Å². The number of carbonyl (C=O) groups is 1. The standard InChI is InChI=1S/C7H16NO6P/c1-7(2,3)14-6(9)5(8)4-13-15(10,11)12/h5H,4,8H2,1-3H3,(H2,10,11,12). The minimum Gasteiger partial charge on any atom is -0.459 e. The first-order valence-corrected chi connectivity index (χ1v) is 5.73. The Bertz CT molecular complexity index is 267. The first-order chi connectivity index (χ1) is 6.51. The van der Waals surface area contributed by atoms with Crippen LogP contribution in [0.2, 0.25) is 0 Å². The van der Waals surface area contributed by atoms with Crippen molar-refractivity contribution in [1.82, 2.24) is 0 Å². The van der Waals surface area contributed by atoms with Gasteiger partial charge in [-0.05, 0) is 20.8 Å². The summed E-state index contributed by atoms with van der Waals surface area (Å²) in [5.74, 6) is -0.768. The molecule has 0 aliphatic carbocycles. The second-order valence-corrected chi connectivity index (χ2v) is 5.17. The predicted molar refractivity (Wildman–Crippen MR) is 51.8 cm³/mol. The van der Waals surface area contributed by atoms with Gasteiger partial charge >= 0.3 is 13.8 Å². The van der Waals surface area contributed by atoms with Gasteiger partial charge < -0.3 is 20.3 Å². The maximum Gasteiger partial charge on any atom is 0.469 e. The van der Waals surface area contributed by atoms with Crippen molar-refractivity contribution in [2.24, 2.45) is 5.73 Å². The van der Waals surface area contributed by atoms with Crippen molar-refractivity contribution in [1.29, 1.82) is 0 Å². The minimum atomic E-state index is -4.60. The molecular weight excluding hydrogens is 225 g/mol. The van der Waals surface area contributed by atoms with E-state index < -0.39 is 32.0 Å². The summed E-state index contributed by atoms with van der Waals surface area (Å²) in [6.45, 7) is 4.38. The van der Waals surface area contributed by atoms with Gasteiger partial charge in [-0.3, -0.25) is 9.32 Å². The molecule has 0 aliphatic rings. The Morgan fingerprint density at radius 2 is 1.93 bits per heavy atom. The third-order valence-corrected chi connectivity index (χ3v) is 1.62. The average molecular weight is 241 g/mol. The predicted octanol–water partition coefficient (Wildman–Crippen LogP) is -0.235. The van der Waals surface area contributed by atoms with Gasteiger partial charge in [0.2, 0.25) is 0 Å². The van der Waals surface area contributed by atoms with Gasteiger partial charge in [-0.1, -0.05) is 0 Å². The second kappa shape index (κ2) is 5.05. The number of carbonyl (C=O) groups excluding carboxylic acids is 1. The molecule has 0 rings (SSSR count). The van der Waals surface area contributed by atoms with E-state index in [1.54, 1.807) is 20.8 Å². The van der Waals surface area contributed by atoms with E-state index in [0.717, 1.165) is 0 Å². The van der Waals surface area contributed by atoms with E-state index >= 15 is 0 Å².